The minimum Gasteiger partial charge on any atom is -0.478 e. The highest BCUT2D eigenvalue weighted by molar-refractivity contribution is 7.20. The first-order valence-corrected chi connectivity index (χ1v) is 7.36. The summed E-state index contributed by atoms with van der Waals surface area (Å²) in [6, 6.07) is 13.9. The largest absolute Gasteiger partial charge is 0.478 e. The lowest BCUT2D eigenvalue weighted by molar-refractivity contribution is 0.0696. The number of carbonyl (C=O) groups is 2. The molecule has 0 saturated heterocycles. The number of allylic oxidation sites excluding steroid dienone is 1. The summed E-state index contributed by atoms with van der Waals surface area (Å²) in [7, 11) is 0. The van der Waals surface area contributed by atoms with Gasteiger partial charge in [0.25, 0.3) is 0 Å². The molecule has 0 fully saturated rings. The number of aromatic nitrogens is 1. The number of thiazole rings is 1. The Morgan fingerprint density at radius 1 is 1.05 bits per heavy atom. The zero-order chi connectivity index (χ0) is 15.5. The van der Waals surface area contributed by atoms with Gasteiger partial charge in [-0.1, -0.05) is 30.3 Å². The van der Waals surface area contributed by atoms with E-state index < -0.39 is 5.97 Å². The number of ketones is 1. The van der Waals surface area contributed by atoms with Gasteiger partial charge in [-0.05, 0) is 35.9 Å². The summed E-state index contributed by atoms with van der Waals surface area (Å²) in [4.78, 5) is 27.2. The molecule has 0 unspecified atom stereocenters. The van der Waals surface area contributed by atoms with Crippen molar-refractivity contribution < 1.29 is 14.7 Å². The van der Waals surface area contributed by atoms with E-state index in [-0.39, 0.29) is 11.3 Å². The van der Waals surface area contributed by atoms with Crippen molar-refractivity contribution in [2.75, 3.05) is 0 Å². The molecule has 0 aliphatic rings. The summed E-state index contributed by atoms with van der Waals surface area (Å²) < 4.78 is 0.977. The number of hydrogen-bond donors (Lipinski definition) is 1. The van der Waals surface area contributed by atoms with Gasteiger partial charge in [0.15, 0.2) is 5.01 Å². The molecule has 0 saturated carbocycles. The van der Waals surface area contributed by atoms with Crippen LogP contribution in [-0.2, 0) is 0 Å². The molecule has 0 amide bonds. The van der Waals surface area contributed by atoms with Crippen LogP contribution in [0.1, 0.15) is 25.7 Å². The van der Waals surface area contributed by atoms with Gasteiger partial charge < -0.3 is 5.11 Å². The third-order valence-corrected chi connectivity index (χ3v) is 4.14. The average molecular weight is 309 g/mol. The quantitative estimate of drug-likeness (QED) is 0.586. The van der Waals surface area contributed by atoms with Gasteiger partial charge in [0.2, 0.25) is 5.78 Å². The molecule has 0 aliphatic heterocycles. The highest BCUT2D eigenvalue weighted by Crippen LogP contribution is 2.22. The summed E-state index contributed by atoms with van der Waals surface area (Å²) in [5.41, 5.74) is 1.80. The Labute approximate surface area is 130 Å². The van der Waals surface area contributed by atoms with Crippen LogP contribution in [0.2, 0.25) is 0 Å². The topological polar surface area (TPSA) is 67.3 Å². The van der Waals surface area contributed by atoms with Crippen molar-refractivity contribution in [3.8, 4) is 0 Å². The Hall–Kier alpha value is -2.79. The summed E-state index contributed by atoms with van der Waals surface area (Å²) in [6.45, 7) is 0. The lowest BCUT2D eigenvalue weighted by Gasteiger charge is -1.95. The molecule has 22 heavy (non-hydrogen) atoms. The van der Waals surface area contributed by atoms with Crippen LogP contribution in [0.25, 0.3) is 16.3 Å². The predicted octanol–water partition coefficient (Wildman–Crippen LogP) is 3.89. The van der Waals surface area contributed by atoms with Gasteiger partial charge in [0.05, 0.1) is 15.8 Å². The van der Waals surface area contributed by atoms with Gasteiger partial charge in [-0.2, -0.15) is 0 Å². The van der Waals surface area contributed by atoms with Crippen LogP contribution in [-0.4, -0.2) is 21.8 Å². The summed E-state index contributed by atoms with van der Waals surface area (Å²) in [6.07, 6.45) is 3.10. The molecule has 0 bridgehead atoms. The maximum atomic E-state index is 12.1. The van der Waals surface area contributed by atoms with Crippen molar-refractivity contribution in [3.05, 3.63) is 70.7 Å². The Kier molecular flexibility index (Phi) is 3.80. The smallest absolute Gasteiger partial charge is 0.335 e. The van der Waals surface area contributed by atoms with E-state index >= 15 is 0 Å². The maximum Gasteiger partial charge on any atom is 0.335 e. The van der Waals surface area contributed by atoms with Gasteiger partial charge in [-0.3, -0.25) is 4.79 Å². The predicted molar refractivity (Wildman–Crippen MR) is 86.4 cm³/mol. The molecule has 3 rings (SSSR count). The standard InChI is InChI=1S/C17H11NO3S/c19-14(16-18-13-3-1-2-4-15(13)22-16)10-7-11-5-8-12(9-6-11)17(20)21/h1-10H,(H,20,21)/b10-7+. The second kappa shape index (κ2) is 5.91. The first kappa shape index (κ1) is 14.2. The fourth-order valence-corrected chi connectivity index (χ4v) is 2.84. The molecular weight excluding hydrogens is 298 g/mol. The van der Waals surface area contributed by atoms with Gasteiger partial charge in [0.1, 0.15) is 0 Å². The Bertz CT molecular complexity index is 845. The lowest BCUT2D eigenvalue weighted by atomic mass is 10.1. The minimum atomic E-state index is -0.971. The van der Waals surface area contributed by atoms with Crippen LogP contribution >= 0.6 is 11.3 Å². The van der Waals surface area contributed by atoms with E-state index in [9.17, 15) is 9.59 Å². The van der Waals surface area contributed by atoms with Crippen LogP contribution in [0.15, 0.2) is 54.6 Å². The van der Waals surface area contributed by atoms with Crippen molar-refractivity contribution in [3.63, 3.8) is 0 Å². The normalized spacial score (nSPS) is 11.1. The van der Waals surface area contributed by atoms with Gasteiger partial charge in [-0.25, -0.2) is 9.78 Å². The number of carbonyl (C=O) groups excluding carboxylic acids is 1. The van der Waals surface area contributed by atoms with E-state index in [1.807, 2.05) is 24.3 Å². The minimum absolute atomic E-state index is 0.163. The number of nitrogens with zero attached hydrogens (tertiary/aromatic N) is 1. The SMILES string of the molecule is O=C(O)c1ccc(/C=C/C(=O)c2nc3ccccc3s2)cc1. The number of benzene rings is 2. The van der Waals surface area contributed by atoms with E-state index in [0.29, 0.717) is 5.01 Å². The van der Waals surface area contributed by atoms with E-state index in [0.717, 1.165) is 15.8 Å². The second-order valence-corrected chi connectivity index (χ2v) is 5.64. The Morgan fingerprint density at radius 3 is 2.45 bits per heavy atom. The van der Waals surface area contributed by atoms with E-state index in [1.165, 1.54) is 29.5 Å². The molecule has 1 N–H and O–H groups in total. The van der Waals surface area contributed by atoms with Crippen LogP contribution < -0.4 is 0 Å². The molecular formula is C17H11NO3S. The van der Waals surface area contributed by atoms with Crippen molar-refractivity contribution in [1.29, 1.82) is 0 Å². The molecule has 5 heteroatoms. The van der Waals surface area contributed by atoms with E-state index in [4.69, 9.17) is 5.11 Å². The fraction of sp³-hybridized carbons (Fsp3) is 0. The first-order valence-electron chi connectivity index (χ1n) is 6.55. The molecule has 108 valence electrons. The highest BCUT2D eigenvalue weighted by Gasteiger charge is 2.09. The number of para-hydroxylation sites is 1. The molecule has 2 aromatic carbocycles. The molecule has 0 aliphatic carbocycles. The zero-order valence-corrected chi connectivity index (χ0v) is 12.2. The Morgan fingerprint density at radius 2 is 1.77 bits per heavy atom. The number of hydrogen-bond acceptors (Lipinski definition) is 4. The summed E-state index contributed by atoms with van der Waals surface area (Å²) in [5.74, 6) is -1.13. The number of fused-ring (bicyclic) bond motifs is 1. The maximum absolute atomic E-state index is 12.1. The molecule has 3 aromatic rings. The Balaban J connectivity index is 1.79. The van der Waals surface area contributed by atoms with Crippen LogP contribution in [0.3, 0.4) is 0 Å². The monoisotopic (exact) mass is 309 g/mol. The molecule has 0 radical (unpaired) electrons. The summed E-state index contributed by atoms with van der Waals surface area (Å²) >= 11 is 1.36. The van der Waals surface area contributed by atoms with Crippen molar-refractivity contribution in [2.45, 2.75) is 0 Å². The van der Waals surface area contributed by atoms with Gasteiger partial charge >= 0.3 is 5.97 Å². The number of carboxylic acids is 1. The molecule has 0 atom stereocenters. The third-order valence-electron chi connectivity index (χ3n) is 3.09. The molecule has 4 nitrogen and oxygen atoms in total. The van der Waals surface area contributed by atoms with Crippen LogP contribution in [0, 0.1) is 0 Å². The molecule has 1 heterocycles. The first-order chi connectivity index (χ1) is 10.6. The molecule has 1 aromatic heterocycles. The summed E-state index contributed by atoms with van der Waals surface area (Å²) in [5, 5.41) is 9.28. The lowest BCUT2D eigenvalue weighted by Crippen LogP contribution is -1.95. The van der Waals surface area contributed by atoms with Crippen LogP contribution in [0.5, 0.6) is 0 Å². The van der Waals surface area contributed by atoms with Crippen molar-refractivity contribution >= 4 is 39.4 Å². The number of aromatic carboxylic acids is 1. The average Bonchev–Trinajstić information content (AvgIpc) is 2.97. The number of rotatable bonds is 4. The highest BCUT2D eigenvalue weighted by atomic mass is 32.1. The van der Waals surface area contributed by atoms with Crippen molar-refractivity contribution in [1.82, 2.24) is 4.98 Å². The van der Waals surface area contributed by atoms with Crippen LogP contribution in [0.4, 0.5) is 0 Å². The van der Waals surface area contributed by atoms with E-state index in [1.54, 1.807) is 18.2 Å². The van der Waals surface area contributed by atoms with Gasteiger partial charge in [-0.15, -0.1) is 11.3 Å². The zero-order valence-electron chi connectivity index (χ0n) is 11.4. The third kappa shape index (κ3) is 2.94. The van der Waals surface area contributed by atoms with Crippen molar-refractivity contribution in [2.24, 2.45) is 0 Å². The second-order valence-electron chi connectivity index (χ2n) is 4.61. The van der Waals surface area contributed by atoms with Gasteiger partial charge in [0, 0.05) is 0 Å². The fourth-order valence-electron chi connectivity index (χ4n) is 1.96. The molecule has 0 spiro atoms. The van der Waals surface area contributed by atoms with E-state index in [2.05, 4.69) is 4.98 Å². The number of carboxylic acid groups (broad SMARTS) is 1.